The van der Waals surface area contributed by atoms with Crippen molar-refractivity contribution in [1.82, 2.24) is 5.32 Å². The van der Waals surface area contributed by atoms with Crippen molar-refractivity contribution >= 4 is 5.97 Å². The Balaban J connectivity index is 1.96. The summed E-state index contributed by atoms with van der Waals surface area (Å²) in [6.07, 6.45) is -0.934. The number of ether oxygens (including phenoxy) is 1. The van der Waals surface area contributed by atoms with Crippen molar-refractivity contribution < 1.29 is 28.3 Å². The summed E-state index contributed by atoms with van der Waals surface area (Å²) in [5.41, 5.74) is 0.281. The van der Waals surface area contributed by atoms with Crippen LogP contribution in [-0.4, -0.2) is 34.2 Å². The number of rotatable bonds is 8. The predicted molar refractivity (Wildman–Crippen MR) is 108 cm³/mol. The molecule has 3 rings (SSSR count). The summed E-state index contributed by atoms with van der Waals surface area (Å²) in [5, 5.41) is 24.7. The summed E-state index contributed by atoms with van der Waals surface area (Å²) >= 11 is 0. The Morgan fingerprint density at radius 3 is 2.29 bits per heavy atom. The van der Waals surface area contributed by atoms with Crippen molar-refractivity contribution in [3.05, 3.63) is 81.4 Å². The maximum absolute atomic E-state index is 14.0. The molecule has 5 unspecified atom stereocenters. The van der Waals surface area contributed by atoms with Gasteiger partial charge in [0, 0.05) is 10.5 Å². The molecule has 0 aliphatic carbocycles. The zero-order valence-corrected chi connectivity index (χ0v) is 17.1. The SMILES string of the molecule is CC(C)C(OCc1c(F)cccc1F)C1C(C(=O)O)NC(c2ccccc2)C1[N+](=O)[O-]. The lowest BCUT2D eigenvalue weighted by molar-refractivity contribution is -0.535. The molecule has 2 N–H and O–H groups in total. The molecule has 0 aromatic heterocycles. The van der Waals surface area contributed by atoms with E-state index in [9.17, 15) is 28.8 Å². The summed E-state index contributed by atoms with van der Waals surface area (Å²) < 4.78 is 33.9. The van der Waals surface area contributed by atoms with Crippen LogP contribution in [0.3, 0.4) is 0 Å². The summed E-state index contributed by atoms with van der Waals surface area (Å²) in [6, 6.07) is 8.56. The minimum absolute atomic E-state index is 0.303. The van der Waals surface area contributed by atoms with Crippen LogP contribution in [0.25, 0.3) is 0 Å². The minimum atomic E-state index is -1.30. The number of carboxylic acid groups (broad SMARTS) is 1. The molecule has 7 nitrogen and oxygen atoms in total. The molecule has 9 heteroatoms. The zero-order chi connectivity index (χ0) is 22.7. The van der Waals surface area contributed by atoms with Crippen LogP contribution in [0.15, 0.2) is 48.5 Å². The van der Waals surface area contributed by atoms with Gasteiger partial charge >= 0.3 is 5.97 Å². The summed E-state index contributed by atoms with van der Waals surface area (Å²) in [5.74, 6) is -4.25. The molecule has 2 aromatic rings. The van der Waals surface area contributed by atoms with Gasteiger partial charge in [0.1, 0.15) is 23.7 Å². The summed E-state index contributed by atoms with van der Waals surface area (Å²) in [4.78, 5) is 23.6. The van der Waals surface area contributed by atoms with E-state index in [1.807, 2.05) is 0 Å². The Kier molecular flexibility index (Phi) is 6.97. The highest BCUT2D eigenvalue weighted by Crippen LogP contribution is 2.39. The molecule has 0 amide bonds. The first-order valence-electron chi connectivity index (χ1n) is 9.94. The Bertz CT molecular complexity index is 921. The van der Waals surface area contributed by atoms with Gasteiger partial charge in [-0.15, -0.1) is 0 Å². The van der Waals surface area contributed by atoms with Gasteiger partial charge in [0.2, 0.25) is 6.04 Å². The first-order chi connectivity index (χ1) is 14.7. The number of nitro groups is 1. The second-order valence-corrected chi connectivity index (χ2v) is 7.94. The van der Waals surface area contributed by atoms with Gasteiger partial charge < -0.3 is 9.84 Å². The van der Waals surface area contributed by atoms with Gasteiger partial charge in [-0.1, -0.05) is 50.2 Å². The molecular formula is C22H24F2N2O5. The van der Waals surface area contributed by atoms with Crippen molar-refractivity contribution in [2.24, 2.45) is 11.8 Å². The van der Waals surface area contributed by atoms with E-state index in [1.54, 1.807) is 44.2 Å². The first kappa shape index (κ1) is 22.8. The summed E-state index contributed by atoms with van der Waals surface area (Å²) in [6.45, 7) is 2.99. The molecule has 1 saturated heterocycles. The third-order valence-electron chi connectivity index (χ3n) is 5.67. The number of aliphatic carboxylic acids is 1. The van der Waals surface area contributed by atoms with Crippen LogP contribution in [0.1, 0.15) is 31.0 Å². The number of hydrogen-bond acceptors (Lipinski definition) is 5. The lowest BCUT2D eigenvalue weighted by Gasteiger charge is -2.30. The van der Waals surface area contributed by atoms with Crippen LogP contribution < -0.4 is 5.32 Å². The van der Waals surface area contributed by atoms with Crippen molar-refractivity contribution in [3.63, 3.8) is 0 Å². The molecule has 1 aliphatic rings. The molecule has 5 atom stereocenters. The number of benzene rings is 2. The topological polar surface area (TPSA) is 102 Å². The largest absolute Gasteiger partial charge is 0.480 e. The molecule has 1 heterocycles. The number of nitrogens with zero attached hydrogens (tertiary/aromatic N) is 1. The van der Waals surface area contributed by atoms with Crippen LogP contribution >= 0.6 is 0 Å². The normalized spacial score (nSPS) is 24.3. The van der Waals surface area contributed by atoms with Gasteiger partial charge in [-0.2, -0.15) is 0 Å². The molecule has 1 aliphatic heterocycles. The third-order valence-corrected chi connectivity index (χ3v) is 5.67. The molecule has 0 bridgehead atoms. The predicted octanol–water partition coefficient (Wildman–Crippen LogP) is 3.57. The highest BCUT2D eigenvalue weighted by Gasteiger charge is 2.57. The van der Waals surface area contributed by atoms with E-state index in [1.165, 1.54) is 6.07 Å². The van der Waals surface area contributed by atoms with Gasteiger partial charge in [0.15, 0.2) is 0 Å². The molecule has 0 saturated carbocycles. The lowest BCUT2D eigenvalue weighted by atomic mass is 9.82. The average molecular weight is 434 g/mol. The van der Waals surface area contributed by atoms with Gasteiger partial charge in [0.05, 0.1) is 18.6 Å². The van der Waals surface area contributed by atoms with Crippen molar-refractivity contribution in [2.45, 2.75) is 44.7 Å². The fourth-order valence-corrected chi connectivity index (χ4v) is 4.26. The number of carbonyl (C=O) groups is 1. The van der Waals surface area contributed by atoms with E-state index in [2.05, 4.69) is 5.32 Å². The number of carboxylic acids is 1. The number of hydrogen-bond donors (Lipinski definition) is 2. The Morgan fingerprint density at radius 2 is 1.77 bits per heavy atom. The second-order valence-electron chi connectivity index (χ2n) is 7.94. The summed E-state index contributed by atoms with van der Waals surface area (Å²) in [7, 11) is 0. The maximum Gasteiger partial charge on any atom is 0.321 e. The molecule has 0 radical (unpaired) electrons. The highest BCUT2D eigenvalue weighted by molar-refractivity contribution is 5.75. The molecule has 1 fully saturated rings. The van der Waals surface area contributed by atoms with Crippen molar-refractivity contribution in [1.29, 1.82) is 0 Å². The van der Waals surface area contributed by atoms with Gasteiger partial charge in [-0.05, 0) is 23.6 Å². The quantitative estimate of drug-likeness (QED) is 0.487. The molecule has 2 aromatic carbocycles. The smallest absolute Gasteiger partial charge is 0.321 e. The Morgan fingerprint density at radius 1 is 1.16 bits per heavy atom. The molecule has 166 valence electrons. The fourth-order valence-electron chi connectivity index (χ4n) is 4.26. The monoisotopic (exact) mass is 434 g/mol. The Labute approximate surface area is 178 Å². The lowest BCUT2D eigenvalue weighted by Crippen LogP contribution is -2.47. The third kappa shape index (κ3) is 4.72. The number of nitrogens with one attached hydrogen (secondary N) is 1. The van der Waals surface area contributed by atoms with E-state index in [0.717, 1.165) is 12.1 Å². The molecule has 31 heavy (non-hydrogen) atoms. The van der Waals surface area contributed by atoms with Crippen LogP contribution in [0.4, 0.5) is 8.78 Å². The van der Waals surface area contributed by atoms with Crippen molar-refractivity contribution in [2.75, 3.05) is 0 Å². The zero-order valence-electron chi connectivity index (χ0n) is 17.1. The van der Waals surface area contributed by atoms with E-state index in [4.69, 9.17) is 4.74 Å². The first-order valence-corrected chi connectivity index (χ1v) is 9.94. The minimum Gasteiger partial charge on any atom is -0.480 e. The highest BCUT2D eigenvalue weighted by atomic mass is 19.1. The van der Waals surface area contributed by atoms with Gasteiger partial charge in [-0.3, -0.25) is 20.2 Å². The fraction of sp³-hybridized carbons (Fsp3) is 0.409. The second kappa shape index (κ2) is 9.49. The number of halogens is 2. The van der Waals surface area contributed by atoms with Crippen LogP contribution in [0, 0.1) is 33.6 Å². The van der Waals surface area contributed by atoms with Crippen LogP contribution in [0.5, 0.6) is 0 Å². The molecule has 0 spiro atoms. The Hall–Kier alpha value is -2.91. The van der Waals surface area contributed by atoms with Gasteiger partial charge in [-0.25, -0.2) is 8.78 Å². The van der Waals surface area contributed by atoms with E-state index >= 15 is 0 Å². The van der Waals surface area contributed by atoms with E-state index in [-0.39, 0.29) is 11.5 Å². The van der Waals surface area contributed by atoms with Gasteiger partial charge in [0.25, 0.3) is 0 Å². The van der Waals surface area contributed by atoms with Crippen molar-refractivity contribution in [3.8, 4) is 0 Å². The average Bonchev–Trinajstić information content (AvgIpc) is 3.11. The van der Waals surface area contributed by atoms with E-state index in [0.29, 0.717) is 5.56 Å². The molecular weight excluding hydrogens is 410 g/mol. The maximum atomic E-state index is 14.0. The standard InChI is InChI=1S/C22H24F2N2O5/c1-12(2)21(31-11-14-15(23)9-6-10-16(14)24)17-19(22(27)28)25-18(20(17)26(29)30)13-7-4-3-5-8-13/h3-10,12,17-21,25H,11H2,1-2H3,(H,27,28). The van der Waals surface area contributed by atoms with Crippen LogP contribution in [0.2, 0.25) is 0 Å². The van der Waals surface area contributed by atoms with E-state index < -0.39 is 59.3 Å². The van der Waals surface area contributed by atoms with Crippen LogP contribution in [-0.2, 0) is 16.1 Å².